The van der Waals surface area contributed by atoms with Crippen LogP contribution in [0.25, 0.3) is 0 Å². The van der Waals surface area contributed by atoms with Gasteiger partial charge in [-0.25, -0.2) is 4.79 Å². The van der Waals surface area contributed by atoms with Crippen LogP contribution in [0.1, 0.15) is 33.3 Å². The minimum Gasteiger partial charge on any atom is -0.482 e. The van der Waals surface area contributed by atoms with E-state index in [0.717, 1.165) is 20.8 Å². The zero-order valence-corrected chi connectivity index (χ0v) is 21.2. The maximum Gasteiger partial charge on any atom is 0.346 e. The number of ether oxygens (including phenoxy) is 6. The van der Waals surface area contributed by atoms with E-state index in [-0.39, 0.29) is 0 Å². The lowest BCUT2D eigenvalue weighted by molar-refractivity contribution is -0.272. The van der Waals surface area contributed by atoms with Gasteiger partial charge in [0.05, 0.1) is 0 Å². The van der Waals surface area contributed by atoms with E-state index in [1.54, 1.807) is 25.1 Å². The first-order valence-electron chi connectivity index (χ1n) is 10.9. The van der Waals surface area contributed by atoms with Crippen molar-refractivity contribution in [2.45, 2.75) is 65.3 Å². The van der Waals surface area contributed by atoms with Crippen LogP contribution in [-0.4, -0.2) is 73.6 Å². The SMILES string of the molecule is CC(=O)N[C@@H]1[C@H](OC(=O)COc2ccc(Cl)cc2C)O[C@H](COC(C)=O)[C@@H](OC(C)=O)[C@@H]1OC(C)=O. The normalized spacial score (nSPS) is 23.1. The third-order valence-electron chi connectivity index (χ3n) is 4.80. The Morgan fingerprint density at radius 2 is 1.58 bits per heavy atom. The smallest absolute Gasteiger partial charge is 0.346 e. The van der Waals surface area contributed by atoms with Gasteiger partial charge in [-0.2, -0.15) is 0 Å². The minimum absolute atomic E-state index is 0.389. The number of carbonyl (C=O) groups is 5. The highest BCUT2D eigenvalue weighted by atomic mass is 35.5. The summed E-state index contributed by atoms with van der Waals surface area (Å²) in [6, 6.07) is 3.55. The molecule has 2 rings (SSSR count). The number of nitrogens with one attached hydrogen (secondary N) is 1. The van der Waals surface area contributed by atoms with Crippen molar-refractivity contribution in [1.82, 2.24) is 5.32 Å². The van der Waals surface area contributed by atoms with E-state index in [1.807, 2.05) is 0 Å². The van der Waals surface area contributed by atoms with Crippen LogP contribution >= 0.6 is 11.6 Å². The molecule has 1 heterocycles. The molecule has 1 amide bonds. The molecule has 1 fully saturated rings. The Bertz CT molecular complexity index is 998. The highest BCUT2D eigenvalue weighted by Crippen LogP contribution is 2.28. The Labute approximate surface area is 212 Å². The van der Waals surface area contributed by atoms with Crippen LogP contribution < -0.4 is 10.1 Å². The summed E-state index contributed by atoms with van der Waals surface area (Å²) in [5, 5.41) is 2.99. The molecule has 1 aromatic carbocycles. The standard InChI is InChI=1S/C23H28ClNO11/c1-11-8-16(24)6-7-17(11)32-10-19(30)36-23-20(25-12(2)26)22(34-15(5)29)21(33-14(4)28)18(35-23)9-31-13(3)27/h6-8,18,20-23H,9-10H2,1-5H3,(H,25,26)/t18-,20+,21-,22-,23+/m1/s1. The van der Waals surface area contributed by atoms with E-state index in [4.69, 9.17) is 40.0 Å². The molecule has 0 radical (unpaired) electrons. The first kappa shape index (κ1) is 28.9. The number of amides is 1. The van der Waals surface area contributed by atoms with E-state index < -0.39 is 73.6 Å². The molecule has 0 bridgehead atoms. The van der Waals surface area contributed by atoms with E-state index in [9.17, 15) is 24.0 Å². The Kier molecular flexibility index (Phi) is 10.5. The summed E-state index contributed by atoms with van der Waals surface area (Å²) in [5.41, 5.74) is 0.681. The summed E-state index contributed by atoms with van der Waals surface area (Å²) in [7, 11) is 0. The molecule has 12 nitrogen and oxygen atoms in total. The lowest BCUT2D eigenvalue weighted by atomic mass is 9.96. The van der Waals surface area contributed by atoms with Gasteiger partial charge in [-0.1, -0.05) is 11.6 Å². The van der Waals surface area contributed by atoms with Crippen LogP contribution in [-0.2, 0) is 47.7 Å². The van der Waals surface area contributed by atoms with Crippen LogP contribution in [0.4, 0.5) is 0 Å². The lowest BCUT2D eigenvalue weighted by Crippen LogP contribution is -2.66. The number of aryl methyl sites for hydroxylation is 1. The third-order valence-corrected chi connectivity index (χ3v) is 5.04. The summed E-state index contributed by atoms with van der Waals surface area (Å²) in [6.07, 6.45) is -5.37. The lowest BCUT2D eigenvalue weighted by Gasteiger charge is -2.44. The Hall–Kier alpha value is -3.38. The number of rotatable bonds is 9. The van der Waals surface area contributed by atoms with Gasteiger partial charge in [0.25, 0.3) is 0 Å². The van der Waals surface area contributed by atoms with Gasteiger partial charge >= 0.3 is 23.9 Å². The summed E-state index contributed by atoms with van der Waals surface area (Å²) in [4.78, 5) is 59.5. The molecule has 1 aliphatic heterocycles. The summed E-state index contributed by atoms with van der Waals surface area (Å²) < 4.78 is 32.2. The Morgan fingerprint density at radius 1 is 0.944 bits per heavy atom. The number of halogens is 1. The van der Waals surface area contributed by atoms with Crippen LogP contribution in [0, 0.1) is 6.92 Å². The van der Waals surface area contributed by atoms with Crippen molar-refractivity contribution in [2.75, 3.05) is 13.2 Å². The van der Waals surface area contributed by atoms with E-state index in [1.165, 1.54) is 6.92 Å². The average Bonchev–Trinajstić information content (AvgIpc) is 2.75. The molecule has 36 heavy (non-hydrogen) atoms. The largest absolute Gasteiger partial charge is 0.482 e. The molecule has 5 atom stereocenters. The van der Waals surface area contributed by atoms with Gasteiger partial charge in [0.15, 0.2) is 18.8 Å². The number of esters is 4. The summed E-state index contributed by atoms with van der Waals surface area (Å²) in [5.74, 6) is -3.25. The molecule has 0 aromatic heterocycles. The van der Waals surface area contributed by atoms with Gasteiger partial charge < -0.3 is 33.7 Å². The van der Waals surface area contributed by atoms with Crippen molar-refractivity contribution in [3.63, 3.8) is 0 Å². The first-order chi connectivity index (χ1) is 16.9. The molecule has 1 saturated heterocycles. The summed E-state index contributed by atoms with van der Waals surface area (Å²) >= 11 is 5.92. The maximum atomic E-state index is 12.6. The second-order valence-electron chi connectivity index (χ2n) is 7.91. The fourth-order valence-electron chi connectivity index (χ4n) is 3.47. The van der Waals surface area contributed by atoms with E-state index in [0.29, 0.717) is 16.3 Å². The minimum atomic E-state index is -1.52. The Balaban J connectivity index is 2.29. The van der Waals surface area contributed by atoms with Gasteiger partial charge in [-0.15, -0.1) is 0 Å². The van der Waals surface area contributed by atoms with Crippen molar-refractivity contribution in [3.05, 3.63) is 28.8 Å². The maximum absolute atomic E-state index is 12.6. The molecule has 1 N–H and O–H groups in total. The predicted molar refractivity (Wildman–Crippen MR) is 122 cm³/mol. The molecule has 0 aliphatic carbocycles. The van der Waals surface area contributed by atoms with E-state index in [2.05, 4.69) is 5.32 Å². The average molecular weight is 530 g/mol. The number of hydrogen-bond acceptors (Lipinski definition) is 11. The van der Waals surface area contributed by atoms with Crippen molar-refractivity contribution < 1.29 is 52.4 Å². The molecule has 13 heteroatoms. The molecule has 0 spiro atoms. The van der Waals surface area contributed by atoms with Crippen molar-refractivity contribution >= 4 is 41.4 Å². The van der Waals surface area contributed by atoms with Crippen LogP contribution in [0.3, 0.4) is 0 Å². The van der Waals surface area contributed by atoms with Gasteiger partial charge in [0.2, 0.25) is 12.2 Å². The second-order valence-corrected chi connectivity index (χ2v) is 8.34. The van der Waals surface area contributed by atoms with Crippen LogP contribution in [0.5, 0.6) is 5.75 Å². The topological polar surface area (TPSA) is 153 Å². The fraction of sp³-hybridized carbons (Fsp3) is 0.522. The van der Waals surface area contributed by atoms with Gasteiger partial charge in [0, 0.05) is 32.7 Å². The summed E-state index contributed by atoms with van der Waals surface area (Å²) in [6.45, 7) is 5.34. The number of benzene rings is 1. The molecule has 1 aromatic rings. The Morgan fingerprint density at radius 3 is 2.14 bits per heavy atom. The first-order valence-corrected chi connectivity index (χ1v) is 11.2. The van der Waals surface area contributed by atoms with Gasteiger partial charge in [0.1, 0.15) is 24.5 Å². The molecule has 0 unspecified atom stereocenters. The predicted octanol–water partition coefficient (Wildman–Crippen LogP) is 1.23. The molecule has 198 valence electrons. The highest BCUT2D eigenvalue weighted by Gasteiger charge is 2.52. The molecular formula is C23H28ClNO11. The fourth-order valence-corrected chi connectivity index (χ4v) is 3.69. The van der Waals surface area contributed by atoms with Crippen LogP contribution in [0.2, 0.25) is 5.02 Å². The monoisotopic (exact) mass is 529 g/mol. The van der Waals surface area contributed by atoms with Gasteiger partial charge in [-0.05, 0) is 30.7 Å². The van der Waals surface area contributed by atoms with Gasteiger partial charge in [-0.3, -0.25) is 19.2 Å². The quantitative estimate of drug-likeness (QED) is 0.363. The molecular weight excluding hydrogens is 502 g/mol. The molecule has 1 aliphatic rings. The highest BCUT2D eigenvalue weighted by molar-refractivity contribution is 6.30. The third kappa shape index (κ3) is 8.68. The second kappa shape index (κ2) is 13.1. The zero-order valence-electron chi connectivity index (χ0n) is 20.4. The number of carbonyl (C=O) groups excluding carboxylic acids is 5. The number of hydrogen-bond donors (Lipinski definition) is 1. The van der Waals surface area contributed by atoms with Crippen molar-refractivity contribution in [2.24, 2.45) is 0 Å². The van der Waals surface area contributed by atoms with Crippen molar-refractivity contribution in [3.8, 4) is 5.75 Å². The molecule has 0 saturated carbocycles. The van der Waals surface area contributed by atoms with Crippen molar-refractivity contribution in [1.29, 1.82) is 0 Å². The van der Waals surface area contributed by atoms with Crippen LogP contribution in [0.15, 0.2) is 18.2 Å². The van der Waals surface area contributed by atoms with E-state index >= 15 is 0 Å². The zero-order chi connectivity index (χ0) is 27.0.